The summed E-state index contributed by atoms with van der Waals surface area (Å²) in [6.45, 7) is 10.1. The van der Waals surface area contributed by atoms with Crippen molar-refractivity contribution in [2.45, 2.75) is 285 Å². The van der Waals surface area contributed by atoms with Crippen LogP contribution in [0.4, 0.5) is 0 Å². The predicted octanol–water partition coefficient (Wildman–Crippen LogP) is 23.6. The van der Waals surface area contributed by atoms with E-state index in [-0.39, 0.29) is 37.6 Å². The zero-order valence-electron chi connectivity index (χ0n) is 51.6. The maximum absolute atomic E-state index is 14.5. The Morgan fingerprint density at radius 2 is 0.476 bits per heavy atom. The smallest absolute Gasteiger partial charge is 0.338 e. The number of hydrogen-bond acceptors (Lipinski definition) is 8. The molecule has 456 valence electrons. The van der Waals surface area contributed by atoms with Crippen LogP contribution in [0.15, 0.2) is 45.3 Å². The van der Waals surface area contributed by atoms with Crippen LogP contribution in [0.5, 0.6) is 0 Å². The SMILES string of the molecule is CCCCCCCCCCCCOC(=O)c1ccc2c3c(Br)cc(C(=O)OCCCCCCCCCCCC)c4c(C(=O)OCCCCCCCCCCCC)ccc(c5c(Br)cc(C(=O)OCCCCCCCCCCCC)c1c25)c43. The van der Waals surface area contributed by atoms with Gasteiger partial charge in [0.05, 0.1) is 48.7 Å². The Kier molecular flexibility index (Phi) is 34.8. The zero-order chi connectivity index (χ0) is 58.6. The van der Waals surface area contributed by atoms with Gasteiger partial charge in [-0.2, -0.15) is 0 Å². The summed E-state index contributed by atoms with van der Waals surface area (Å²) in [4.78, 5) is 57.9. The fraction of sp³-hybridized carbons (Fsp3) is 0.667. The monoisotopic (exact) mass is 1260 g/mol. The molecule has 0 saturated heterocycles. The van der Waals surface area contributed by atoms with Crippen LogP contribution < -0.4 is 0 Å². The van der Waals surface area contributed by atoms with Crippen LogP contribution in [0.3, 0.4) is 0 Å². The molecule has 8 nitrogen and oxygen atoms in total. The van der Waals surface area contributed by atoms with E-state index in [1.54, 1.807) is 24.3 Å². The predicted molar refractivity (Wildman–Crippen MR) is 352 cm³/mol. The molecule has 0 fully saturated rings. The summed E-state index contributed by atoms with van der Waals surface area (Å²) in [7, 11) is 0. The van der Waals surface area contributed by atoms with Crippen molar-refractivity contribution in [1.82, 2.24) is 0 Å². The summed E-state index contributed by atoms with van der Waals surface area (Å²) >= 11 is 7.85. The number of ether oxygens (including phenoxy) is 4. The van der Waals surface area contributed by atoms with Gasteiger partial charge in [0.15, 0.2) is 0 Å². The highest BCUT2D eigenvalue weighted by atomic mass is 79.9. The van der Waals surface area contributed by atoms with Gasteiger partial charge >= 0.3 is 23.9 Å². The van der Waals surface area contributed by atoms with Crippen molar-refractivity contribution in [3.8, 4) is 0 Å². The summed E-state index contributed by atoms with van der Waals surface area (Å²) in [6, 6.07) is 10.9. The van der Waals surface area contributed by atoms with Crippen LogP contribution in [0.25, 0.3) is 43.1 Å². The van der Waals surface area contributed by atoms with Crippen LogP contribution in [0.1, 0.15) is 326 Å². The van der Waals surface area contributed by atoms with Gasteiger partial charge in [0, 0.05) is 41.3 Å². The average molecular weight is 1260 g/mol. The Balaban J connectivity index is 1.47. The molecule has 0 atom stereocenters. The molecule has 5 rings (SSSR count). The van der Waals surface area contributed by atoms with Gasteiger partial charge in [-0.3, -0.25) is 0 Å². The Morgan fingerprint density at radius 1 is 0.268 bits per heavy atom. The second-order valence-corrected chi connectivity index (χ2v) is 25.4. The molecule has 0 bridgehead atoms. The lowest BCUT2D eigenvalue weighted by Gasteiger charge is -2.22. The lowest BCUT2D eigenvalue weighted by Crippen LogP contribution is -2.13. The standard InChI is InChI=1S/C72H106Br2O8/c1-5-9-13-17-21-25-29-33-37-41-49-79-69(75)57-47-45-55-66-62(74)54-60(72(78)82-52-44-40-36-32-28-24-20-16-12-8-4)64-58(70(76)80-50-42-38-34-30-26-22-18-14-10-6-2)48-46-56(68(64)66)65-61(73)53-59(63(57)67(55)65)71(77)81-51-43-39-35-31-27-23-19-15-11-7-3/h45-48,53-54H,5-44,49-52H2,1-4H3. The van der Waals surface area contributed by atoms with Crippen molar-refractivity contribution in [3.63, 3.8) is 0 Å². The molecule has 0 unspecified atom stereocenters. The van der Waals surface area contributed by atoms with E-state index in [2.05, 4.69) is 59.6 Å². The van der Waals surface area contributed by atoms with Gasteiger partial charge < -0.3 is 18.9 Å². The number of unbranched alkanes of at least 4 members (excludes halogenated alkanes) is 36. The van der Waals surface area contributed by atoms with Crippen molar-refractivity contribution < 1.29 is 38.1 Å². The molecule has 0 radical (unpaired) electrons. The minimum absolute atomic E-state index is 0.276. The quantitative estimate of drug-likeness (QED) is 0.0125. The van der Waals surface area contributed by atoms with E-state index in [4.69, 9.17) is 18.9 Å². The van der Waals surface area contributed by atoms with Gasteiger partial charge in [0.2, 0.25) is 0 Å². The molecule has 0 N–H and O–H groups in total. The van der Waals surface area contributed by atoms with E-state index < -0.39 is 23.9 Å². The number of hydrogen-bond donors (Lipinski definition) is 0. The second kappa shape index (κ2) is 41.3. The molecule has 82 heavy (non-hydrogen) atoms. The molecule has 0 saturated carbocycles. The van der Waals surface area contributed by atoms with E-state index >= 15 is 0 Å². The fourth-order valence-electron chi connectivity index (χ4n) is 12.0. The van der Waals surface area contributed by atoms with E-state index in [1.807, 2.05) is 12.1 Å². The highest BCUT2D eigenvalue weighted by Crippen LogP contribution is 2.49. The van der Waals surface area contributed by atoms with Crippen LogP contribution in [0, 0.1) is 0 Å². The van der Waals surface area contributed by atoms with E-state index in [1.165, 1.54) is 180 Å². The molecule has 0 heterocycles. The number of fused-ring (bicyclic) bond motifs is 2. The summed E-state index contributed by atoms with van der Waals surface area (Å²) in [5.74, 6) is -1.98. The number of halogens is 2. The third-order valence-corrected chi connectivity index (χ3v) is 18.1. The summed E-state index contributed by atoms with van der Waals surface area (Å²) in [5, 5.41) is 5.27. The van der Waals surface area contributed by atoms with Gasteiger partial charge in [0.25, 0.3) is 0 Å². The molecular weight excluding hydrogens is 1150 g/mol. The van der Waals surface area contributed by atoms with Crippen molar-refractivity contribution in [2.75, 3.05) is 26.4 Å². The first-order chi connectivity index (χ1) is 40.2. The number of benzene rings is 5. The largest absolute Gasteiger partial charge is 0.462 e. The third-order valence-electron chi connectivity index (χ3n) is 16.8. The maximum atomic E-state index is 14.5. The van der Waals surface area contributed by atoms with Crippen LogP contribution >= 0.6 is 31.9 Å². The topological polar surface area (TPSA) is 105 Å². The second-order valence-electron chi connectivity index (χ2n) is 23.7. The first kappa shape index (κ1) is 69.0. The van der Waals surface area contributed by atoms with Crippen molar-refractivity contribution in [1.29, 1.82) is 0 Å². The van der Waals surface area contributed by atoms with Gasteiger partial charge in [-0.1, -0.05) is 303 Å². The number of carbonyl (C=O) groups excluding carboxylic acids is 4. The van der Waals surface area contributed by atoms with Crippen molar-refractivity contribution >= 4 is 98.8 Å². The molecule has 0 amide bonds. The minimum atomic E-state index is -0.500. The van der Waals surface area contributed by atoms with Crippen LogP contribution in [-0.2, 0) is 18.9 Å². The molecule has 0 aliphatic carbocycles. The molecular formula is C72H106Br2O8. The molecule has 5 aromatic rings. The highest BCUT2D eigenvalue weighted by Gasteiger charge is 2.30. The van der Waals surface area contributed by atoms with Crippen molar-refractivity contribution in [2.24, 2.45) is 0 Å². The average Bonchev–Trinajstić information content (AvgIpc) is 2.00. The van der Waals surface area contributed by atoms with Gasteiger partial charge in [0.1, 0.15) is 0 Å². The highest BCUT2D eigenvalue weighted by molar-refractivity contribution is 9.11. The molecule has 0 aliphatic rings. The molecule has 0 aliphatic heterocycles. The third kappa shape index (κ3) is 22.6. The van der Waals surface area contributed by atoms with E-state index in [0.29, 0.717) is 41.6 Å². The normalized spacial score (nSPS) is 11.7. The lowest BCUT2D eigenvalue weighted by molar-refractivity contribution is 0.0483. The minimum Gasteiger partial charge on any atom is -0.462 e. The Hall–Kier alpha value is -3.76. The first-order valence-electron chi connectivity index (χ1n) is 33.5. The Bertz CT molecular complexity index is 2460. The molecule has 0 aromatic heterocycles. The first-order valence-corrected chi connectivity index (χ1v) is 35.1. The fourth-order valence-corrected chi connectivity index (χ4v) is 13.3. The summed E-state index contributed by atoms with van der Waals surface area (Å²) in [5.41, 5.74) is 1.14. The Morgan fingerprint density at radius 3 is 0.707 bits per heavy atom. The maximum Gasteiger partial charge on any atom is 0.338 e. The van der Waals surface area contributed by atoms with Gasteiger partial charge in [-0.05, 0) is 60.7 Å². The summed E-state index contributed by atoms with van der Waals surface area (Å²) in [6.07, 6.45) is 46.8. The van der Waals surface area contributed by atoms with Gasteiger partial charge in [-0.15, -0.1) is 0 Å². The molecule has 0 spiro atoms. The van der Waals surface area contributed by atoms with Crippen molar-refractivity contribution in [3.05, 3.63) is 67.6 Å². The summed E-state index contributed by atoms with van der Waals surface area (Å²) < 4.78 is 25.5. The van der Waals surface area contributed by atoms with Crippen LogP contribution in [0.2, 0.25) is 0 Å². The zero-order valence-corrected chi connectivity index (χ0v) is 54.8. The van der Waals surface area contributed by atoms with Crippen LogP contribution in [-0.4, -0.2) is 50.3 Å². The lowest BCUT2D eigenvalue weighted by atomic mass is 9.84. The Labute approximate surface area is 512 Å². The molecule has 10 heteroatoms. The van der Waals surface area contributed by atoms with E-state index in [0.717, 1.165) is 98.6 Å². The number of rotatable bonds is 48. The van der Waals surface area contributed by atoms with Gasteiger partial charge in [-0.25, -0.2) is 19.2 Å². The van der Waals surface area contributed by atoms with E-state index in [9.17, 15) is 19.2 Å². The number of esters is 4. The number of carbonyl (C=O) groups is 4. The molecule has 5 aromatic carbocycles.